The van der Waals surface area contributed by atoms with E-state index in [9.17, 15) is 5.11 Å². The lowest BCUT2D eigenvalue weighted by Crippen LogP contribution is -2.43. The Kier molecular flexibility index (Phi) is 5.10. The van der Waals surface area contributed by atoms with E-state index in [2.05, 4.69) is 12.1 Å². The van der Waals surface area contributed by atoms with Gasteiger partial charge in [-0.15, -0.1) is 0 Å². The summed E-state index contributed by atoms with van der Waals surface area (Å²) in [6.07, 6.45) is 4.57. The van der Waals surface area contributed by atoms with E-state index in [1.54, 1.807) is 4.90 Å². The fraction of sp³-hybridized carbons (Fsp3) is 0.818. The molecule has 0 radical (unpaired) electrons. The predicted molar refractivity (Wildman–Crippen MR) is 55.7 cm³/mol. The van der Waals surface area contributed by atoms with Crippen molar-refractivity contribution in [3.8, 4) is 12.1 Å². The van der Waals surface area contributed by atoms with Crippen LogP contribution in [0.3, 0.4) is 0 Å². The quantitative estimate of drug-likeness (QED) is 0.554. The highest BCUT2D eigenvalue weighted by Gasteiger charge is 2.26. The molecule has 1 fully saturated rings. The average Bonchev–Trinajstić information content (AvgIpc) is 2.43. The van der Waals surface area contributed by atoms with Gasteiger partial charge in [0.1, 0.15) is 0 Å². The fourth-order valence-electron chi connectivity index (χ4n) is 2.17. The van der Waals surface area contributed by atoms with Crippen molar-refractivity contribution in [3.63, 3.8) is 0 Å². The van der Waals surface area contributed by atoms with Crippen LogP contribution in [0.5, 0.6) is 0 Å². The SMILES string of the molecule is N#CCN(CC#N)C1CCCCCC1O. The monoisotopic (exact) mass is 207 g/mol. The molecule has 15 heavy (non-hydrogen) atoms. The second-order valence-corrected chi connectivity index (χ2v) is 3.99. The normalized spacial score (nSPS) is 26.7. The van der Waals surface area contributed by atoms with Gasteiger partial charge in [-0.25, -0.2) is 0 Å². The maximum absolute atomic E-state index is 9.91. The molecule has 1 aliphatic rings. The van der Waals surface area contributed by atoms with Gasteiger partial charge in [0.25, 0.3) is 0 Å². The number of aliphatic hydroxyl groups excluding tert-OH is 1. The minimum atomic E-state index is -0.380. The molecular formula is C11H17N3O. The van der Waals surface area contributed by atoms with Crippen LogP contribution < -0.4 is 0 Å². The third kappa shape index (κ3) is 3.51. The number of nitrogens with zero attached hydrogens (tertiary/aromatic N) is 3. The molecule has 2 atom stereocenters. The van der Waals surface area contributed by atoms with E-state index in [1.807, 2.05) is 0 Å². The molecule has 4 heteroatoms. The summed E-state index contributed by atoms with van der Waals surface area (Å²) < 4.78 is 0. The summed E-state index contributed by atoms with van der Waals surface area (Å²) in [5.74, 6) is 0. The molecule has 0 aromatic rings. The van der Waals surface area contributed by atoms with Gasteiger partial charge in [0, 0.05) is 6.04 Å². The van der Waals surface area contributed by atoms with Gasteiger partial charge in [0.15, 0.2) is 0 Å². The summed E-state index contributed by atoms with van der Waals surface area (Å²) >= 11 is 0. The molecule has 0 spiro atoms. The summed E-state index contributed by atoms with van der Waals surface area (Å²) in [6.45, 7) is 0.463. The van der Waals surface area contributed by atoms with Crippen LogP contribution in [-0.4, -0.2) is 35.2 Å². The molecule has 0 aromatic carbocycles. The van der Waals surface area contributed by atoms with Crippen LogP contribution in [-0.2, 0) is 0 Å². The van der Waals surface area contributed by atoms with Crippen molar-refractivity contribution in [2.24, 2.45) is 0 Å². The number of nitriles is 2. The van der Waals surface area contributed by atoms with Gasteiger partial charge < -0.3 is 5.11 Å². The Morgan fingerprint density at radius 1 is 1.07 bits per heavy atom. The van der Waals surface area contributed by atoms with E-state index >= 15 is 0 Å². The smallest absolute Gasteiger partial charge is 0.0877 e. The van der Waals surface area contributed by atoms with E-state index in [0.29, 0.717) is 0 Å². The molecule has 0 bridgehead atoms. The highest BCUT2D eigenvalue weighted by molar-refractivity contribution is 4.91. The zero-order valence-corrected chi connectivity index (χ0v) is 8.89. The molecule has 0 heterocycles. The van der Waals surface area contributed by atoms with E-state index in [0.717, 1.165) is 32.1 Å². The van der Waals surface area contributed by atoms with Gasteiger partial charge >= 0.3 is 0 Å². The second-order valence-electron chi connectivity index (χ2n) is 3.99. The zero-order chi connectivity index (χ0) is 11.1. The third-order valence-electron chi connectivity index (χ3n) is 2.96. The lowest BCUT2D eigenvalue weighted by atomic mass is 10.0. The Morgan fingerprint density at radius 2 is 1.67 bits per heavy atom. The molecule has 4 nitrogen and oxygen atoms in total. The molecule has 1 N–H and O–H groups in total. The molecule has 1 rings (SSSR count). The molecule has 0 aliphatic heterocycles. The van der Waals surface area contributed by atoms with Gasteiger partial charge in [0.05, 0.1) is 31.3 Å². The van der Waals surface area contributed by atoms with Crippen molar-refractivity contribution in [2.75, 3.05) is 13.1 Å². The first-order chi connectivity index (χ1) is 7.29. The Balaban J connectivity index is 2.62. The number of aliphatic hydroxyl groups is 1. The number of hydrogen-bond donors (Lipinski definition) is 1. The lowest BCUT2D eigenvalue weighted by molar-refractivity contribution is 0.0578. The minimum absolute atomic E-state index is 0.00759. The molecular weight excluding hydrogens is 190 g/mol. The van der Waals surface area contributed by atoms with Gasteiger partial charge in [0.2, 0.25) is 0 Å². The van der Waals surface area contributed by atoms with Crippen LogP contribution in [0, 0.1) is 22.7 Å². The largest absolute Gasteiger partial charge is 0.391 e. The van der Waals surface area contributed by atoms with Gasteiger partial charge in [-0.3, -0.25) is 4.90 Å². The molecule has 1 saturated carbocycles. The van der Waals surface area contributed by atoms with Crippen molar-refractivity contribution in [2.45, 2.75) is 44.2 Å². The first kappa shape index (κ1) is 12.0. The summed E-state index contributed by atoms with van der Waals surface area (Å²) in [5.41, 5.74) is 0. The van der Waals surface area contributed by atoms with E-state index < -0.39 is 0 Å². The number of hydrogen-bond acceptors (Lipinski definition) is 4. The first-order valence-electron chi connectivity index (χ1n) is 5.45. The Bertz CT molecular complexity index is 250. The lowest BCUT2D eigenvalue weighted by Gasteiger charge is -2.30. The summed E-state index contributed by atoms with van der Waals surface area (Å²) in [5, 5.41) is 27.2. The molecule has 1 aliphatic carbocycles. The molecule has 0 saturated heterocycles. The van der Waals surface area contributed by atoms with Crippen molar-refractivity contribution < 1.29 is 5.11 Å². The topological polar surface area (TPSA) is 71.0 Å². The van der Waals surface area contributed by atoms with E-state index in [-0.39, 0.29) is 25.2 Å². The Labute approximate surface area is 90.7 Å². The van der Waals surface area contributed by atoms with Crippen LogP contribution >= 0.6 is 0 Å². The maximum Gasteiger partial charge on any atom is 0.0877 e. The van der Waals surface area contributed by atoms with Crippen molar-refractivity contribution in [1.82, 2.24) is 4.90 Å². The highest BCUT2D eigenvalue weighted by atomic mass is 16.3. The predicted octanol–water partition coefficient (Wildman–Crippen LogP) is 1.03. The summed E-state index contributed by atoms with van der Waals surface area (Å²) in [6, 6.07) is 4.10. The molecule has 2 unspecified atom stereocenters. The second kappa shape index (κ2) is 6.40. The van der Waals surface area contributed by atoms with E-state index in [1.165, 1.54) is 0 Å². The van der Waals surface area contributed by atoms with Crippen LogP contribution in [0.2, 0.25) is 0 Å². The summed E-state index contributed by atoms with van der Waals surface area (Å²) in [4.78, 5) is 1.79. The van der Waals surface area contributed by atoms with Crippen LogP contribution in [0.1, 0.15) is 32.1 Å². The highest BCUT2D eigenvalue weighted by Crippen LogP contribution is 2.22. The van der Waals surface area contributed by atoms with Crippen molar-refractivity contribution in [3.05, 3.63) is 0 Å². The molecule has 0 amide bonds. The molecule has 0 aromatic heterocycles. The third-order valence-corrected chi connectivity index (χ3v) is 2.96. The minimum Gasteiger partial charge on any atom is -0.391 e. The van der Waals surface area contributed by atoms with Crippen LogP contribution in [0.25, 0.3) is 0 Å². The summed E-state index contributed by atoms with van der Waals surface area (Å²) in [7, 11) is 0. The van der Waals surface area contributed by atoms with Gasteiger partial charge in [-0.05, 0) is 12.8 Å². The average molecular weight is 207 g/mol. The maximum atomic E-state index is 9.91. The van der Waals surface area contributed by atoms with Gasteiger partial charge in [-0.1, -0.05) is 19.3 Å². The first-order valence-corrected chi connectivity index (χ1v) is 5.45. The van der Waals surface area contributed by atoms with Crippen LogP contribution in [0.15, 0.2) is 0 Å². The number of rotatable bonds is 3. The van der Waals surface area contributed by atoms with Crippen molar-refractivity contribution >= 4 is 0 Å². The Morgan fingerprint density at radius 3 is 2.27 bits per heavy atom. The molecule has 82 valence electrons. The van der Waals surface area contributed by atoms with Crippen molar-refractivity contribution in [1.29, 1.82) is 10.5 Å². The van der Waals surface area contributed by atoms with Gasteiger partial charge in [-0.2, -0.15) is 10.5 Å². The Hall–Kier alpha value is -1.10. The fourth-order valence-corrected chi connectivity index (χ4v) is 2.17. The van der Waals surface area contributed by atoms with E-state index in [4.69, 9.17) is 10.5 Å². The zero-order valence-electron chi connectivity index (χ0n) is 8.89. The standard InChI is InChI=1S/C11H17N3O/c12-6-8-14(9-7-13)10-4-2-1-3-5-11(10)15/h10-11,15H,1-5,8-9H2. The van der Waals surface area contributed by atoms with Crippen LogP contribution in [0.4, 0.5) is 0 Å².